The third kappa shape index (κ3) is 5.06. The molecule has 0 saturated heterocycles. The molecule has 0 aliphatic carbocycles. The SMILES string of the molecule is COc1ccccc1NC(=O)CN(c1cc(C)ccc1C)S(=O)(=O)c1ccc(C)cc1. The molecule has 0 saturated carbocycles. The third-order valence-corrected chi connectivity index (χ3v) is 6.68. The molecule has 1 N–H and O–H groups in total. The number of nitrogens with one attached hydrogen (secondary N) is 1. The zero-order chi connectivity index (χ0) is 22.6. The van der Waals surface area contributed by atoms with Crippen LogP contribution < -0.4 is 14.4 Å². The van der Waals surface area contributed by atoms with Crippen LogP contribution in [0.5, 0.6) is 5.75 Å². The molecule has 0 aliphatic heterocycles. The molecule has 0 fully saturated rings. The van der Waals surface area contributed by atoms with E-state index in [0.29, 0.717) is 17.1 Å². The summed E-state index contributed by atoms with van der Waals surface area (Å²) in [4.78, 5) is 13.0. The Hall–Kier alpha value is -3.32. The highest BCUT2D eigenvalue weighted by Gasteiger charge is 2.28. The summed E-state index contributed by atoms with van der Waals surface area (Å²) in [5, 5.41) is 2.76. The maximum atomic E-state index is 13.5. The van der Waals surface area contributed by atoms with Crippen molar-refractivity contribution in [3.63, 3.8) is 0 Å². The van der Waals surface area contributed by atoms with Crippen molar-refractivity contribution in [2.24, 2.45) is 0 Å². The minimum absolute atomic E-state index is 0.129. The maximum Gasteiger partial charge on any atom is 0.264 e. The van der Waals surface area contributed by atoms with Gasteiger partial charge >= 0.3 is 0 Å². The van der Waals surface area contributed by atoms with Gasteiger partial charge < -0.3 is 10.1 Å². The number of ether oxygens (including phenoxy) is 1. The monoisotopic (exact) mass is 438 g/mol. The number of nitrogens with zero attached hydrogens (tertiary/aromatic N) is 1. The molecule has 7 heteroatoms. The number of carbonyl (C=O) groups excluding carboxylic acids is 1. The number of hydrogen-bond acceptors (Lipinski definition) is 4. The number of benzene rings is 3. The van der Waals surface area contributed by atoms with Gasteiger partial charge in [-0.15, -0.1) is 0 Å². The number of hydrogen-bond donors (Lipinski definition) is 1. The second-order valence-corrected chi connectivity index (χ2v) is 9.23. The minimum Gasteiger partial charge on any atom is -0.495 e. The van der Waals surface area contributed by atoms with Gasteiger partial charge in [0.15, 0.2) is 0 Å². The minimum atomic E-state index is -3.97. The second-order valence-electron chi connectivity index (χ2n) is 7.36. The van der Waals surface area contributed by atoms with Crippen LogP contribution >= 0.6 is 0 Å². The van der Waals surface area contributed by atoms with Gasteiger partial charge in [-0.25, -0.2) is 8.42 Å². The van der Waals surface area contributed by atoms with Crippen LogP contribution in [0.2, 0.25) is 0 Å². The number of para-hydroxylation sites is 2. The zero-order valence-electron chi connectivity index (χ0n) is 18.0. The summed E-state index contributed by atoms with van der Waals surface area (Å²) in [5.41, 5.74) is 3.55. The number of rotatable bonds is 7. The summed E-state index contributed by atoms with van der Waals surface area (Å²) in [7, 11) is -2.46. The van der Waals surface area contributed by atoms with Gasteiger partial charge in [-0.05, 0) is 62.2 Å². The van der Waals surface area contributed by atoms with Crippen molar-refractivity contribution in [2.45, 2.75) is 25.7 Å². The van der Waals surface area contributed by atoms with E-state index in [4.69, 9.17) is 4.74 Å². The molecule has 31 heavy (non-hydrogen) atoms. The zero-order valence-corrected chi connectivity index (χ0v) is 18.9. The quantitative estimate of drug-likeness (QED) is 0.591. The van der Waals surface area contributed by atoms with Crippen LogP contribution in [0.4, 0.5) is 11.4 Å². The Morgan fingerprint density at radius 1 is 0.935 bits per heavy atom. The molecule has 0 unspecified atom stereocenters. The molecule has 162 valence electrons. The van der Waals surface area contributed by atoms with Crippen molar-refractivity contribution < 1.29 is 17.9 Å². The van der Waals surface area contributed by atoms with Crippen LogP contribution in [0, 0.1) is 20.8 Å². The Kier molecular flexibility index (Phi) is 6.65. The van der Waals surface area contributed by atoms with Gasteiger partial charge in [0.2, 0.25) is 5.91 Å². The van der Waals surface area contributed by atoms with Crippen molar-refractivity contribution >= 4 is 27.3 Å². The molecule has 1 amide bonds. The van der Waals surface area contributed by atoms with Crippen LogP contribution in [0.15, 0.2) is 71.6 Å². The molecule has 0 aromatic heterocycles. The normalized spacial score (nSPS) is 11.1. The standard InChI is InChI=1S/C24H26N2O4S/c1-17-10-13-20(14-11-17)31(28,29)26(22-15-18(2)9-12-19(22)3)16-24(27)25-21-7-5-6-8-23(21)30-4/h5-15H,16H2,1-4H3,(H,25,27). The van der Waals surface area contributed by atoms with E-state index in [1.54, 1.807) is 54.6 Å². The summed E-state index contributed by atoms with van der Waals surface area (Å²) in [6, 6.07) is 19.1. The van der Waals surface area contributed by atoms with E-state index in [-0.39, 0.29) is 11.4 Å². The maximum absolute atomic E-state index is 13.5. The number of methoxy groups -OCH3 is 1. The van der Waals surface area contributed by atoms with Gasteiger partial charge in [0, 0.05) is 0 Å². The highest BCUT2D eigenvalue weighted by Crippen LogP contribution is 2.29. The highest BCUT2D eigenvalue weighted by atomic mass is 32.2. The molecule has 0 heterocycles. The van der Waals surface area contributed by atoms with Gasteiger partial charge in [0.25, 0.3) is 10.0 Å². The lowest BCUT2D eigenvalue weighted by atomic mass is 10.1. The van der Waals surface area contributed by atoms with Crippen molar-refractivity contribution in [1.29, 1.82) is 0 Å². The predicted octanol–water partition coefficient (Wildman–Crippen LogP) is 4.45. The first-order chi connectivity index (χ1) is 14.7. The number of sulfonamides is 1. The Morgan fingerprint density at radius 3 is 2.26 bits per heavy atom. The van der Waals surface area contributed by atoms with Crippen LogP contribution in [-0.4, -0.2) is 28.0 Å². The highest BCUT2D eigenvalue weighted by molar-refractivity contribution is 7.92. The average Bonchev–Trinajstić information content (AvgIpc) is 2.74. The van der Waals surface area contributed by atoms with E-state index < -0.39 is 15.9 Å². The predicted molar refractivity (Wildman–Crippen MR) is 123 cm³/mol. The lowest BCUT2D eigenvalue weighted by Gasteiger charge is -2.26. The molecule has 3 aromatic rings. The lowest BCUT2D eigenvalue weighted by Crippen LogP contribution is -2.38. The van der Waals surface area contributed by atoms with Gasteiger partial charge in [-0.3, -0.25) is 9.10 Å². The third-order valence-electron chi connectivity index (χ3n) is 4.91. The Balaban J connectivity index is 2.01. The van der Waals surface area contributed by atoms with E-state index in [0.717, 1.165) is 21.0 Å². The van der Waals surface area contributed by atoms with Gasteiger partial charge in [0.05, 0.1) is 23.4 Å². The van der Waals surface area contributed by atoms with Crippen LogP contribution in [0.25, 0.3) is 0 Å². The molecule has 0 aliphatic rings. The fourth-order valence-corrected chi connectivity index (χ4v) is 4.67. The molecule has 0 spiro atoms. The summed E-state index contributed by atoms with van der Waals surface area (Å²) < 4.78 is 33.5. The number of anilines is 2. The van der Waals surface area contributed by atoms with Crippen LogP contribution in [0.1, 0.15) is 16.7 Å². The van der Waals surface area contributed by atoms with Crippen LogP contribution in [0.3, 0.4) is 0 Å². The first-order valence-electron chi connectivity index (χ1n) is 9.82. The van der Waals surface area contributed by atoms with E-state index in [9.17, 15) is 13.2 Å². The fraction of sp³-hybridized carbons (Fsp3) is 0.208. The van der Waals surface area contributed by atoms with E-state index in [2.05, 4.69) is 5.32 Å². The largest absolute Gasteiger partial charge is 0.495 e. The van der Waals surface area contributed by atoms with Crippen molar-refractivity contribution in [3.8, 4) is 5.75 Å². The molecule has 0 bridgehead atoms. The topological polar surface area (TPSA) is 75.7 Å². The molecule has 0 atom stereocenters. The van der Waals surface area contributed by atoms with Crippen molar-refractivity contribution in [1.82, 2.24) is 0 Å². The fourth-order valence-electron chi connectivity index (χ4n) is 3.19. The number of amides is 1. The molecule has 3 aromatic carbocycles. The van der Waals surface area contributed by atoms with Crippen LogP contribution in [-0.2, 0) is 14.8 Å². The Morgan fingerprint density at radius 2 is 1.58 bits per heavy atom. The Labute approximate surface area is 183 Å². The Bertz CT molecular complexity index is 1190. The van der Waals surface area contributed by atoms with Gasteiger partial charge in [0.1, 0.15) is 12.3 Å². The first-order valence-corrected chi connectivity index (χ1v) is 11.3. The van der Waals surface area contributed by atoms with Gasteiger partial charge in [-0.1, -0.05) is 42.0 Å². The van der Waals surface area contributed by atoms with E-state index in [1.165, 1.54) is 7.11 Å². The molecule has 3 rings (SSSR count). The summed E-state index contributed by atoms with van der Waals surface area (Å²) in [6.45, 7) is 5.22. The average molecular weight is 439 g/mol. The summed E-state index contributed by atoms with van der Waals surface area (Å²) in [6.07, 6.45) is 0. The van der Waals surface area contributed by atoms with Gasteiger partial charge in [-0.2, -0.15) is 0 Å². The molecular weight excluding hydrogens is 412 g/mol. The van der Waals surface area contributed by atoms with Crippen molar-refractivity contribution in [2.75, 3.05) is 23.3 Å². The van der Waals surface area contributed by atoms with Crippen molar-refractivity contribution in [3.05, 3.63) is 83.4 Å². The first kappa shape index (κ1) is 22.4. The number of aryl methyl sites for hydroxylation is 3. The second kappa shape index (κ2) is 9.22. The van der Waals surface area contributed by atoms with E-state index >= 15 is 0 Å². The summed E-state index contributed by atoms with van der Waals surface area (Å²) >= 11 is 0. The molecule has 0 radical (unpaired) electrons. The number of carbonyl (C=O) groups is 1. The summed E-state index contributed by atoms with van der Waals surface area (Å²) in [5.74, 6) is 0.0246. The smallest absolute Gasteiger partial charge is 0.264 e. The molecule has 6 nitrogen and oxygen atoms in total. The molecular formula is C24H26N2O4S. The lowest BCUT2D eigenvalue weighted by molar-refractivity contribution is -0.114. The van der Waals surface area contributed by atoms with E-state index in [1.807, 2.05) is 32.9 Å².